The lowest BCUT2D eigenvalue weighted by Crippen LogP contribution is -2.52. The molecular weight excluding hydrogens is 404 g/mol. The number of hydrogen-bond acceptors (Lipinski definition) is 7. The second-order valence-electron chi connectivity index (χ2n) is 8.57. The molecule has 7 heteroatoms. The molecule has 174 valence electrons. The van der Waals surface area contributed by atoms with Crippen LogP contribution in [-0.4, -0.2) is 101 Å². The number of β-amino-alcohol motifs (C(OH)–C–C–N with tert-alkyl or cyclic N) is 1. The number of rotatable bonds is 8. The summed E-state index contributed by atoms with van der Waals surface area (Å²) in [4.78, 5) is 9.50. The van der Waals surface area contributed by atoms with Crippen LogP contribution in [0.25, 0.3) is 0 Å². The normalized spacial score (nSPS) is 18.2. The van der Waals surface area contributed by atoms with E-state index in [1.807, 2.05) is 24.3 Å². The highest BCUT2D eigenvalue weighted by molar-refractivity contribution is 5.59. The lowest BCUT2D eigenvalue weighted by atomic mass is 10.2. The van der Waals surface area contributed by atoms with E-state index < -0.39 is 0 Å². The summed E-state index contributed by atoms with van der Waals surface area (Å²) in [6.45, 7) is 9.07. The minimum Gasteiger partial charge on any atom is -0.495 e. The fourth-order valence-electron chi connectivity index (χ4n) is 4.78. The zero-order valence-electron chi connectivity index (χ0n) is 19.3. The van der Waals surface area contributed by atoms with Crippen LogP contribution < -0.4 is 19.3 Å². The summed E-state index contributed by atoms with van der Waals surface area (Å²) in [5, 5.41) is 10.7. The number of nitrogens with zero attached hydrogens (tertiary/aromatic N) is 4. The number of ether oxygens (including phenoxy) is 2. The molecule has 0 amide bonds. The maximum atomic E-state index is 10.7. The van der Waals surface area contributed by atoms with Gasteiger partial charge in [0.05, 0.1) is 31.7 Å². The molecule has 2 aliphatic heterocycles. The first kappa shape index (κ1) is 22.7. The molecule has 2 aromatic carbocycles. The van der Waals surface area contributed by atoms with E-state index in [9.17, 15) is 5.11 Å². The van der Waals surface area contributed by atoms with Gasteiger partial charge in [0.15, 0.2) is 0 Å². The topological polar surface area (TPSA) is 51.7 Å². The quantitative estimate of drug-likeness (QED) is 0.674. The van der Waals surface area contributed by atoms with Gasteiger partial charge < -0.3 is 24.4 Å². The summed E-state index contributed by atoms with van der Waals surface area (Å²) in [7, 11) is 3.45. The summed E-state index contributed by atoms with van der Waals surface area (Å²) in [5.74, 6) is 1.85. The first-order chi connectivity index (χ1) is 15.7. The second-order valence-corrected chi connectivity index (χ2v) is 8.57. The van der Waals surface area contributed by atoms with Gasteiger partial charge in [-0.3, -0.25) is 9.80 Å². The molecule has 32 heavy (non-hydrogen) atoms. The molecule has 1 N–H and O–H groups in total. The third-order valence-corrected chi connectivity index (χ3v) is 6.53. The van der Waals surface area contributed by atoms with E-state index in [-0.39, 0.29) is 6.10 Å². The molecule has 0 saturated carbocycles. The fourth-order valence-corrected chi connectivity index (χ4v) is 4.78. The minimum atomic E-state index is -0.328. The molecule has 2 aliphatic rings. The van der Waals surface area contributed by atoms with Gasteiger partial charge in [0.2, 0.25) is 0 Å². The zero-order chi connectivity index (χ0) is 22.3. The van der Waals surface area contributed by atoms with Crippen molar-refractivity contribution in [3.8, 4) is 11.5 Å². The van der Waals surface area contributed by atoms with Crippen LogP contribution in [0, 0.1) is 0 Å². The van der Waals surface area contributed by atoms with Crippen molar-refractivity contribution in [2.75, 3.05) is 89.5 Å². The highest BCUT2D eigenvalue weighted by Crippen LogP contribution is 2.29. The third kappa shape index (κ3) is 5.46. The minimum absolute atomic E-state index is 0.328. The summed E-state index contributed by atoms with van der Waals surface area (Å²) >= 11 is 0. The smallest absolute Gasteiger partial charge is 0.142 e. The van der Waals surface area contributed by atoms with Crippen molar-refractivity contribution in [1.82, 2.24) is 9.80 Å². The van der Waals surface area contributed by atoms with Gasteiger partial charge in [0, 0.05) is 65.4 Å². The van der Waals surface area contributed by atoms with Gasteiger partial charge in [-0.05, 0) is 24.3 Å². The Kier molecular flexibility index (Phi) is 7.73. The number of benzene rings is 2. The van der Waals surface area contributed by atoms with Crippen LogP contribution in [0.1, 0.15) is 0 Å². The number of para-hydroxylation sites is 4. The first-order valence-electron chi connectivity index (χ1n) is 11.6. The van der Waals surface area contributed by atoms with Crippen molar-refractivity contribution in [2.45, 2.75) is 6.10 Å². The van der Waals surface area contributed by atoms with E-state index in [1.165, 1.54) is 0 Å². The molecule has 0 aliphatic carbocycles. The molecule has 2 fully saturated rings. The molecule has 0 radical (unpaired) electrons. The molecule has 0 unspecified atom stereocenters. The summed E-state index contributed by atoms with van der Waals surface area (Å²) in [5.41, 5.74) is 2.31. The van der Waals surface area contributed by atoms with Gasteiger partial charge in [-0.15, -0.1) is 0 Å². The maximum absolute atomic E-state index is 10.7. The lowest BCUT2D eigenvalue weighted by molar-refractivity contribution is 0.0696. The number of methoxy groups -OCH3 is 2. The Morgan fingerprint density at radius 3 is 1.41 bits per heavy atom. The average molecular weight is 441 g/mol. The average Bonchev–Trinajstić information content (AvgIpc) is 2.85. The largest absolute Gasteiger partial charge is 0.495 e. The number of aliphatic hydroxyl groups excluding tert-OH is 1. The molecule has 0 aromatic heterocycles. The van der Waals surface area contributed by atoms with Crippen LogP contribution in [0.4, 0.5) is 11.4 Å². The van der Waals surface area contributed by atoms with Crippen LogP contribution in [0.5, 0.6) is 11.5 Å². The second kappa shape index (κ2) is 10.9. The van der Waals surface area contributed by atoms with E-state index in [0.717, 1.165) is 88.3 Å². The standard InChI is InChI=1S/C25H36N4O3/c1-31-24-9-5-3-7-22(24)28-15-11-26(12-16-28)19-21(30)20-27-13-17-29(18-14-27)23-8-4-6-10-25(23)32-2/h3-10,21,30H,11-20H2,1-2H3. The van der Waals surface area contributed by atoms with Gasteiger partial charge in [0.1, 0.15) is 11.5 Å². The van der Waals surface area contributed by atoms with Crippen LogP contribution in [-0.2, 0) is 0 Å². The van der Waals surface area contributed by atoms with Crippen molar-refractivity contribution in [2.24, 2.45) is 0 Å². The summed E-state index contributed by atoms with van der Waals surface area (Å²) < 4.78 is 11.0. The summed E-state index contributed by atoms with van der Waals surface area (Å²) in [6.07, 6.45) is -0.328. The number of piperazine rings is 2. The van der Waals surface area contributed by atoms with Crippen LogP contribution in [0.3, 0.4) is 0 Å². The molecule has 2 saturated heterocycles. The highest BCUT2D eigenvalue weighted by Gasteiger charge is 2.24. The Hall–Kier alpha value is -2.48. The predicted octanol–water partition coefficient (Wildman–Crippen LogP) is 2.01. The number of hydrogen-bond donors (Lipinski definition) is 1. The van der Waals surface area contributed by atoms with Gasteiger partial charge in [-0.2, -0.15) is 0 Å². The van der Waals surface area contributed by atoms with Crippen molar-refractivity contribution >= 4 is 11.4 Å². The Morgan fingerprint density at radius 2 is 1.03 bits per heavy atom. The van der Waals surface area contributed by atoms with Gasteiger partial charge in [0.25, 0.3) is 0 Å². The molecule has 0 spiro atoms. The van der Waals surface area contributed by atoms with Crippen LogP contribution in [0.15, 0.2) is 48.5 Å². The van der Waals surface area contributed by atoms with E-state index in [0.29, 0.717) is 0 Å². The van der Waals surface area contributed by atoms with Crippen molar-refractivity contribution in [3.63, 3.8) is 0 Å². The van der Waals surface area contributed by atoms with Crippen molar-refractivity contribution in [1.29, 1.82) is 0 Å². The molecule has 0 bridgehead atoms. The van der Waals surface area contributed by atoms with E-state index in [1.54, 1.807) is 14.2 Å². The zero-order valence-corrected chi connectivity index (χ0v) is 19.3. The van der Waals surface area contributed by atoms with Crippen molar-refractivity contribution < 1.29 is 14.6 Å². The SMILES string of the molecule is COc1ccccc1N1CCN(CC(O)CN2CCN(c3ccccc3OC)CC2)CC1. The molecule has 4 rings (SSSR count). The lowest BCUT2D eigenvalue weighted by Gasteiger charge is -2.39. The monoisotopic (exact) mass is 440 g/mol. The fraction of sp³-hybridized carbons (Fsp3) is 0.520. The van der Waals surface area contributed by atoms with Gasteiger partial charge in [-0.1, -0.05) is 24.3 Å². The number of anilines is 2. The Labute approximate surface area is 191 Å². The van der Waals surface area contributed by atoms with Crippen LogP contribution >= 0.6 is 0 Å². The summed E-state index contributed by atoms with van der Waals surface area (Å²) in [6, 6.07) is 16.4. The first-order valence-corrected chi connectivity index (χ1v) is 11.6. The number of aliphatic hydroxyl groups is 1. The molecule has 2 heterocycles. The molecule has 0 atom stereocenters. The maximum Gasteiger partial charge on any atom is 0.142 e. The predicted molar refractivity (Wildman–Crippen MR) is 129 cm³/mol. The van der Waals surface area contributed by atoms with E-state index >= 15 is 0 Å². The highest BCUT2D eigenvalue weighted by atomic mass is 16.5. The van der Waals surface area contributed by atoms with E-state index in [4.69, 9.17) is 9.47 Å². The Bertz CT molecular complexity index is 779. The molecular formula is C25H36N4O3. The third-order valence-electron chi connectivity index (χ3n) is 6.53. The molecule has 2 aromatic rings. The van der Waals surface area contributed by atoms with Crippen LogP contribution in [0.2, 0.25) is 0 Å². The molecule has 7 nitrogen and oxygen atoms in total. The Morgan fingerprint density at radius 1 is 0.656 bits per heavy atom. The van der Waals surface area contributed by atoms with Crippen molar-refractivity contribution in [3.05, 3.63) is 48.5 Å². The van der Waals surface area contributed by atoms with Gasteiger partial charge >= 0.3 is 0 Å². The van der Waals surface area contributed by atoms with E-state index in [2.05, 4.69) is 43.9 Å². The Balaban J connectivity index is 1.20. The van der Waals surface area contributed by atoms with Gasteiger partial charge in [-0.25, -0.2) is 0 Å².